The fraction of sp³-hybridized carbons (Fsp3) is 1.00. The predicted octanol–water partition coefficient (Wildman–Crippen LogP) is 9.02. The van der Waals surface area contributed by atoms with Crippen molar-refractivity contribution < 1.29 is 0 Å². The molecule has 0 saturated heterocycles. The van der Waals surface area contributed by atoms with Crippen LogP contribution >= 0.6 is 7.92 Å². The third kappa shape index (κ3) is 17.3. The SMILES string of the molecule is CCCCCCCCCCCC(C)CCP(CCCC)CCCC. The van der Waals surface area contributed by atoms with Crippen molar-refractivity contribution in [3.63, 3.8) is 0 Å². The molecule has 146 valence electrons. The van der Waals surface area contributed by atoms with E-state index in [1.54, 1.807) is 18.5 Å². The molecule has 0 rings (SSSR count). The third-order valence-corrected chi connectivity index (χ3v) is 8.18. The second-order valence-corrected chi connectivity index (χ2v) is 10.7. The van der Waals surface area contributed by atoms with Crippen LogP contribution in [0.3, 0.4) is 0 Å². The molecule has 0 spiro atoms. The molecule has 0 aliphatic carbocycles. The molecule has 0 nitrogen and oxygen atoms in total. The van der Waals surface area contributed by atoms with Crippen LogP contribution in [-0.4, -0.2) is 18.5 Å². The molecule has 0 aromatic heterocycles. The quantitative estimate of drug-likeness (QED) is 0.160. The average molecular weight is 357 g/mol. The Morgan fingerprint density at radius 2 is 0.958 bits per heavy atom. The van der Waals surface area contributed by atoms with Crippen LogP contribution in [0.1, 0.15) is 124 Å². The van der Waals surface area contributed by atoms with Crippen molar-refractivity contribution in [3.05, 3.63) is 0 Å². The van der Waals surface area contributed by atoms with Gasteiger partial charge in [0.1, 0.15) is 0 Å². The Kier molecular flexibility index (Phi) is 20.1. The van der Waals surface area contributed by atoms with Crippen molar-refractivity contribution in [2.75, 3.05) is 18.5 Å². The second-order valence-electron chi connectivity index (χ2n) is 8.06. The van der Waals surface area contributed by atoms with Gasteiger partial charge in [0.05, 0.1) is 0 Å². The number of hydrogen-bond acceptors (Lipinski definition) is 0. The van der Waals surface area contributed by atoms with E-state index in [0.29, 0.717) is 7.92 Å². The molecule has 0 aromatic rings. The highest BCUT2D eigenvalue weighted by atomic mass is 31.1. The van der Waals surface area contributed by atoms with Gasteiger partial charge in [-0.15, -0.1) is 7.92 Å². The first-order chi connectivity index (χ1) is 11.7. The Morgan fingerprint density at radius 3 is 1.46 bits per heavy atom. The van der Waals surface area contributed by atoms with Gasteiger partial charge in [-0.05, 0) is 43.7 Å². The van der Waals surface area contributed by atoms with Crippen molar-refractivity contribution in [3.8, 4) is 0 Å². The van der Waals surface area contributed by atoms with Crippen molar-refractivity contribution >= 4 is 7.92 Å². The monoisotopic (exact) mass is 356 g/mol. The van der Waals surface area contributed by atoms with Crippen LogP contribution in [0.25, 0.3) is 0 Å². The molecular weight excluding hydrogens is 307 g/mol. The molecule has 0 saturated carbocycles. The van der Waals surface area contributed by atoms with Crippen LogP contribution in [0, 0.1) is 5.92 Å². The molecule has 0 aromatic carbocycles. The lowest BCUT2D eigenvalue weighted by Gasteiger charge is -2.20. The Morgan fingerprint density at radius 1 is 0.500 bits per heavy atom. The topological polar surface area (TPSA) is 0 Å². The van der Waals surface area contributed by atoms with Gasteiger partial charge in [-0.3, -0.25) is 0 Å². The lowest BCUT2D eigenvalue weighted by molar-refractivity contribution is 0.471. The van der Waals surface area contributed by atoms with Gasteiger partial charge in [0.25, 0.3) is 0 Å². The van der Waals surface area contributed by atoms with E-state index in [-0.39, 0.29) is 0 Å². The summed E-state index contributed by atoms with van der Waals surface area (Å²) in [7, 11) is 0.363. The maximum absolute atomic E-state index is 2.51. The summed E-state index contributed by atoms with van der Waals surface area (Å²) in [5.74, 6) is 0.975. The van der Waals surface area contributed by atoms with Gasteiger partial charge in [-0.25, -0.2) is 0 Å². The zero-order valence-corrected chi connectivity index (χ0v) is 18.6. The molecule has 0 amide bonds. The summed E-state index contributed by atoms with van der Waals surface area (Å²) in [5.41, 5.74) is 0. The van der Waals surface area contributed by atoms with E-state index < -0.39 is 0 Å². The first-order valence-electron chi connectivity index (χ1n) is 11.5. The lowest BCUT2D eigenvalue weighted by Crippen LogP contribution is -2.02. The fourth-order valence-corrected chi connectivity index (χ4v) is 6.45. The van der Waals surface area contributed by atoms with E-state index in [2.05, 4.69) is 27.7 Å². The Bertz CT molecular complexity index is 218. The van der Waals surface area contributed by atoms with Crippen LogP contribution in [0.5, 0.6) is 0 Å². The summed E-state index contributed by atoms with van der Waals surface area (Å²) >= 11 is 0. The molecular formula is C23H49P. The van der Waals surface area contributed by atoms with Crippen LogP contribution in [0.2, 0.25) is 0 Å². The van der Waals surface area contributed by atoms with Crippen LogP contribution < -0.4 is 0 Å². The summed E-state index contributed by atoms with van der Waals surface area (Å²) < 4.78 is 0. The van der Waals surface area contributed by atoms with Gasteiger partial charge >= 0.3 is 0 Å². The molecule has 0 N–H and O–H groups in total. The zero-order valence-electron chi connectivity index (χ0n) is 17.8. The van der Waals surface area contributed by atoms with Crippen LogP contribution in [0.4, 0.5) is 0 Å². The molecule has 0 heterocycles. The van der Waals surface area contributed by atoms with E-state index in [0.717, 1.165) is 5.92 Å². The maximum Gasteiger partial charge on any atom is -0.0323 e. The molecule has 0 aliphatic rings. The first kappa shape index (κ1) is 24.4. The van der Waals surface area contributed by atoms with Crippen LogP contribution in [-0.2, 0) is 0 Å². The summed E-state index contributed by atoms with van der Waals surface area (Å²) in [6, 6.07) is 0. The minimum absolute atomic E-state index is 0.363. The molecule has 24 heavy (non-hydrogen) atoms. The van der Waals surface area contributed by atoms with E-state index in [1.165, 1.54) is 96.3 Å². The highest BCUT2D eigenvalue weighted by Crippen LogP contribution is 2.39. The fourth-order valence-electron chi connectivity index (χ4n) is 3.45. The normalized spacial score (nSPS) is 12.9. The summed E-state index contributed by atoms with van der Waals surface area (Å²) in [4.78, 5) is 0. The van der Waals surface area contributed by atoms with Crippen molar-refractivity contribution in [1.29, 1.82) is 0 Å². The van der Waals surface area contributed by atoms with Gasteiger partial charge in [-0.1, -0.05) is 105 Å². The molecule has 1 unspecified atom stereocenters. The Labute approximate surface area is 156 Å². The summed E-state index contributed by atoms with van der Waals surface area (Å²) in [5, 5.41) is 0. The number of unbranched alkanes of at least 4 members (excludes halogenated alkanes) is 10. The maximum atomic E-state index is 2.51. The number of hydrogen-bond donors (Lipinski definition) is 0. The van der Waals surface area contributed by atoms with E-state index in [4.69, 9.17) is 0 Å². The smallest absolute Gasteiger partial charge is 0.0323 e. The Hall–Kier alpha value is 0.430. The Balaban J connectivity index is 3.53. The van der Waals surface area contributed by atoms with Gasteiger partial charge in [0.2, 0.25) is 0 Å². The average Bonchev–Trinajstić information content (AvgIpc) is 2.59. The highest BCUT2D eigenvalue weighted by Gasteiger charge is 2.10. The van der Waals surface area contributed by atoms with E-state index >= 15 is 0 Å². The minimum atomic E-state index is 0.363. The molecule has 0 aliphatic heterocycles. The van der Waals surface area contributed by atoms with Crippen molar-refractivity contribution in [2.24, 2.45) is 5.92 Å². The van der Waals surface area contributed by atoms with Crippen LogP contribution in [0.15, 0.2) is 0 Å². The van der Waals surface area contributed by atoms with Gasteiger partial charge in [0.15, 0.2) is 0 Å². The lowest BCUT2D eigenvalue weighted by atomic mass is 9.99. The zero-order chi connectivity index (χ0) is 17.9. The highest BCUT2D eigenvalue weighted by molar-refractivity contribution is 7.57. The van der Waals surface area contributed by atoms with Gasteiger partial charge in [-0.2, -0.15) is 0 Å². The molecule has 0 radical (unpaired) electrons. The molecule has 1 heteroatoms. The first-order valence-corrected chi connectivity index (χ1v) is 13.4. The minimum Gasteiger partial charge on any atom is -0.107 e. The van der Waals surface area contributed by atoms with E-state index in [1.807, 2.05) is 0 Å². The van der Waals surface area contributed by atoms with Crippen molar-refractivity contribution in [1.82, 2.24) is 0 Å². The summed E-state index contributed by atoms with van der Waals surface area (Å²) in [6.07, 6.45) is 26.6. The van der Waals surface area contributed by atoms with Crippen molar-refractivity contribution in [2.45, 2.75) is 124 Å². The summed E-state index contributed by atoms with van der Waals surface area (Å²) in [6.45, 7) is 9.51. The molecule has 0 fully saturated rings. The standard InChI is InChI=1S/C23H49P/c1-5-8-11-12-13-14-15-16-17-18-23(4)19-22-24(20-9-6-2)21-10-7-3/h23H,5-22H2,1-4H3. The third-order valence-electron chi connectivity index (χ3n) is 5.39. The van der Waals surface area contributed by atoms with E-state index in [9.17, 15) is 0 Å². The number of rotatable bonds is 19. The molecule has 1 atom stereocenters. The van der Waals surface area contributed by atoms with Gasteiger partial charge in [0, 0.05) is 0 Å². The predicted molar refractivity (Wildman–Crippen MR) is 117 cm³/mol. The largest absolute Gasteiger partial charge is 0.107 e. The second kappa shape index (κ2) is 19.8. The molecule has 0 bridgehead atoms. The van der Waals surface area contributed by atoms with Gasteiger partial charge < -0.3 is 0 Å².